The highest BCUT2D eigenvalue weighted by Gasteiger charge is 2.27. The summed E-state index contributed by atoms with van der Waals surface area (Å²) in [5.74, 6) is -0.0440. The Bertz CT molecular complexity index is 677. The normalized spacial score (nSPS) is 19.2. The molecule has 0 spiro atoms. The zero-order valence-corrected chi connectivity index (χ0v) is 12.3. The summed E-state index contributed by atoms with van der Waals surface area (Å²) in [5, 5.41) is 10.5. The predicted octanol–water partition coefficient (Wildman–Crippen LogP) is 1.62. The Morgan fingerprint density at radius 2 is 2.29 bits per heavy atom. The smallest absolute Gasteiger partial charge is 0.254 e. The number of H-pyrrole nitrogens is 1. The van der Waals surface area contributed by atoms with Crippen LogP contribution in [-0.4, -0.2) is 53.3 Å². The van der Waals surface area contributed by atoms with Crippen molar-refractivity contribution >= 4 is 16.8 Å². The van der Waals surface area contributed by atoms with Crippen LogP contribution >= 0.6 is 0 Å². The van der Waals surface area contributed by atoms with E-state index in [9.17, 15) is 9.90 Å². The van der Waals surface area contributed by atoms with Gasteiger partial charge >= 0.3 is 0 Å². The van der Waals surface area contributed by atoms with E-state index in [0.717, 1.165) is 16.6 Å². The summed E-state index contributed by atoms with van der Waals surface area (Å²) < 4.78 is 5.32. The van der Waals surface area contributed by atoms with E-state index in [1.54, 1.807) is 4.90 Å². The summed E-state index contributed by atoms with van der Waals surface area (Å²) in [7, 11) is 0. The molecule has 1 aliphatic rings. The summed E-state index contributed by atoms with van der Waals surface area (Å²) in [4.78, 5) is 17.7. The standard InChI is InChI=1S/C16H20N2O3/c1-10-11(2)17-15-4-3-12(7-14(10)15)16(20)18-5-6-21-9-13(18)8-19/h3-4,7,13,17,19H,5-6,8-9H2,1-2H3. The lowest BCUT2D eigenvalue weighted by Gasteiger charge is -2.34. The highest BCUT2D eigenvalue weighted by molar-refractivity contribution is 5.99. The van der Waals surface area contributed by atoms with Crippen molar-refractivity contribution < 1.29 is 14.6 Å². The SMILES string of the molecule is Cc1[nH]c2ccc(C(=O)N3CCOCC3CO)cc2c1C. The van der Waals surface area contributed by atoms with Gasteiger partial charge in [-0.3, -0.25) is 4.79 Å². The van der Waals surface area contributed by atoms with E-state index in [2.05, 4.69) is 4.98 Å². The number of ether oxygens (including phenoxy) is 1. The van der Waals surface area contributed by atoms with Crippen molar-refractivity contribution in [3.8, 4) is 0 Å². The Morgan fingerprint density at radius 3 is 3.05 bits per heavy atom. The molecule has 1 aromatic carbocycles. The van der Waals surface area contributed by atoms with Crippen LogP contribution in [0.15, 0.2) is 18.2 Å². The molecule has 21 heavy (non-hydrogen) atoms. The lowest BCUT2D eigenvalue weighted by atomic mass is 10.1. The number of morpholine rings is 1. The van der Waals surface area contributed by atoms with Gasteiger partial charge in [-0.1, -0.05) is 0 Å². The van der Waals surface area contributed by atoms with E-state index in [1.807, 2.05) is 32.0 Å². The summed E-state index contributed by atoms with van der Waals surface area (Å²) >= 11 is 0. The number of fused-ring (bicyclic) bond motifs is 1. The fourth-order valence-electron chi connectivity index (χ4n) is 2.83. The summed E-state index contributed by atoms with van der Waals surface area (Å²) in [5.41, 5.74) is 3.99. The van der Waals surface area contributed by atoms with Gasteiger partial charge in [0.05, 0.1) is 25.9 Å². The zero-order valence-electron chi connectivity index (χ0n) is 12.3. The predicted molar refractivity (Wildman–Crippen MR) is 80.5 cm³/mol. The van der Waals surface area contributed by atoms with Crippen molar-refractivity contribution in [2.45, 2.75) is 19.9 Å². The maximum atomic E-state index is 12.7. The van der Waals surface area contributed by atoms with E-state index in [0.29, 0.717) is 25.3 Å². The zero-order chi connectivity index (χ0) is 15.0. The van der Waals surface area contributed by atoms with Crippen LogP contribution in [0.1, 0.15) is 21.6 Å². The molecule has 0 saturated carbocycles. The molecule has 0 bridgehead atoms. The molecule has 1 fully saturated rings. The Hall–Kier alpha value is -1.85. The van der Waals surface area contributed by atoms with Gasteiger partial charge in [0, 0.05) is 28.7 Å². The number of aryl methyl sites for hydroxylation is 2. The molecule has 1 amide bonds. The number of carbonyl (C=O) groups is 1. The van der Waals surface area contributed by atoms with Gasteiger partial charge in [0.1, 0.15) is 0 Å². The van der Waals surface area contributed by atoms with E-state index in [1.165, 1.54) is 5.56 Å². The van der Waals surface area contributed by atoms with Crippen molar-refractivity contribution in [1.29, 1.82) is 0 Å². The number of nitrogens with one attached hydrogen (secondary N) is 1. The molecule has 2 N–H and O–H groups in total. The topological polar surface area (TPSA) is 65.6 Å². The second-order valence-corrected chi connectivity index (χ2v) is 5.55. The highest BCUT2D eigenvalue weighted by Crippen LogP contribution is 2.23. The maximum absolute atomic E-state index is 12.7. The van der Waals surface area contributed by atoms with Crippen LogP contribution in [-0.2, 0) is 4.74 Å². The summed E-state index contributed by atoms with van der Waals surface area (Å²) in [6.45, 7) is 5.44. The Balaban J connectivity index is 1.95. The quantitative estimate of drug-likeness (QED) is 0.882. The molecule has 0 radical (unpaired) electrons. The molecule has 1 unspecified atom stereocenters. The fourth-order valence-corrected chi connectivity index (χ4v) is 2.83. The number of hydrogen-bond acceptors (Lipinski definition) is 3. The van der Waals surface area contributed by atoms with E-state index in [4.69, 9.17) is 4.74 Å². The number of nitrogens with zero attached hydrogens (tertiary/aromatic N) is 1. The lowest BCUT2D eigenvalue weighted by Crippen LogP contribution is -2.50. The van der Waals surface area contributed by atoms with Crippen molar-refractivity contribution in [3.63, 3.8) is 0 Å². The molecule has 1 atom stereocenters. The molecule has 3 rings (SSSR count). The molecule has 1 aliphatic heterocycles. The number of amides is 1. The second-order valence-electron chi connectivity index (χ2n) is 5.55. The lowest BCUT2D eigenvalue weighted by molar-refractivity contribution is -0.0183. The van der Waals surface area contributed by atoms with Crippen molar-refractivity contribution in [1.82, 2.24) is 9.88 Å². The number of aliphatic hydroxyl groups is 1. The Labute approximate surface area is 123 Å². The van der Waals surface area contributed by atoms with Crippen molar-refractivity contribution in [2.24, 2.45) is 0 Å². The van der Waals surface area contributed by atoms with Gasteiger partial charge < -0.3 is 19.7 Å². The third-order valence-corrected chi connectivity index (χ3v) is 4.25. The molecule has 5 nitrogen and oxygen atoms in total. The Kier molecular flexibility index (Phi) is 3.69. The number of benzene rings is 1. The second kappa shape index (κ2) is 5.50. The van der Waals surface area contributed by atoms with E-state index in [-0.39, 0.29) is 18.6 Å². The number of hydrogen-bond donors (Lipinski definition) is 2. The highest BCUT2D eigenvalue weighted by atomic mass is 16.5. The molecule has 2 aromatic rings. The van der Waals surface area contributed by atoms with Gasteiger partial charge in [-0.25, -0.2) is 0 Å². The monoisotopic (exact) mass is 288 g/mol. The first-order valence-electron chi connectivity index (χ1n) is 7.20. The third-order valence-electron chi connectivity index (χ3n) is 4.25. The average Bonchev–Trinajstić information content (AvgIpc) is 2.81. The molecule has 2 heterocycles. The molecule has 1 saturated heterocycles. The molecular formula is C16H20N2O3. The summed E-state index contributed by atoms with van der Waals surface area (Å²) in [6, 6.07) is 5.46. The van der Waals surface area contributed by atoms with Gasteiger partial charge in [-0.15, -0.1) is 0 Å². The first-order valence-corrected chi connectivity index (χ1v) is 7.20. The number of carbonyl (C=O) groups excluding carboxylic acids is 1. The minimum absolute atomic E-state index is 0.0440. The number of aromatic nitrogens is 1. The van der Waals surface area contributed by atoms with Crippen molar-refractivity contribution in [3.05, 3.63) is 35.0 Å². The average molecular weight is 288 g/mol. The van der Waals surface area contributed by atoms with E-state index >= 15 is 0 Å². The minimum Gasteiger partial charge on any atom is -0.394 e. The number of aromatic amines is 1. The molecule has 0 aliphatic carbocycles. The first-order chi connectivity index (χ1) is 10.1. The van der Waals surface area contributed by atoms with Crippen LogP contribution < -0.4 is 0 Å². The van der Waals surface area contributed by atoms with Crippen LogP contribution in [0.2, 0.25) is 0 Å². The fraction of sp³-hybridized carbons (Fsp3) is 0.438. The van der Waals surface area contributed by atoms with Crippen LogP contribution in [0.4, 0.5) is 0 Å². The van der Waals surface area contributed by atoms with Gasteiger partial charge in [0.25, 0.3) is 5.91 Å². The van der Waals surface area contributed by atoms with Crippen LogP contribution in [0.5, 0.6) is 0 Å². The van der Waals surface area contributed by atoms with Crippen molar-refractivity contribution in [2.75, 3.05) is 26.4 Å². The molecule has 5 heteroatoms. The first kappa shape index (κ1) is 14.1. The minimum atomic E-state index is -0.254. The van der Waals surface area contributed by atoms with Crippen LogP contribution in [0.3, 0.4) is 0 Å². The van der Waals surface area contributed by atoms with Crippen LogP contribution in [0, 0.1) is 13.8 Å². The third kappa shape index (κ3) is 2.43. The van der Waals surface area contributed by atoms with Gasteiger partial charge in [-0.05, 0) is 37.6 Å². The number of aliphatic hydroxyl groups excluding tert-OH is 1. The summed E-state index contributed by atoms with van der Waals surface area (Å²) in [6.07, 6.45) is 0. The molecule has 1 aromatic heterocycles. The van der Waals surface area contributed by atoms with Gasteiger partial charge in [0.15, 0.2) is 0 Å². The maximum Gasteiger partial charge on any atom is 0.254 e. The largest absolute Gasteiger partial charge is 0.394 e. The molecule has 112 valence electrons. The van der Waals surface area contributed by atoms with Gasteiger partial charge in [0.2, 0.25) is 0 Å². The Morgan fingerprint density at radius 1 is 1.48 bits per heavy atom. The van der Waals surface area contributed by atoms with Gasteiger partial charge in [-0.2, -0.15) is 0 Å². The van der Waals surface area contributed by atoms with E-state index < -0.39 is 0 Å². The number of rotatable bonds is 2. The van der Waals surface area contributed by atoms with Crippen LogP contribution in [0.25, 0.3) is 10.9 Å². The molecular weight excluding hydrogens is 268 g/mol.